The Balaban J connectivity index is 0.000000330. The molecule has 3 heterocycles. The molecule has 4 amide bonds. The molecule has 0 bridgehead atoms. The van der Waals surface area contributed by atoms with Crippen LogP contribution in [0.15, 0.2) is 78.9 Å². The zero-order valence-electron chi connectivity index (χ0n) is 49.1. The Morgan fingerprint density at radius 1 is 0.886 bits per heavy atom. The third-order valence-electron chi connectivity index (χ3n) is 15.3. The molecule has 15 nitrogen and oxygen atoms in total. The van der Waals surface area contributed by atoms with Crippen molar-refractivity contribution in [2.75, 3.05) is 85.1 Å². The van der Waals surface area contributed by atoms with Crippen LogP contribution in [0, 0.1) is 18.8 Å². The summed E-state index contributed by atoms with van der Waals surface area (Å²) in [5.41, 5.74) is 15.0. The van der Waals surface area contributed by atoms with Gasteiger partial charge in [0.15, 0.2) is 6.61 Å². The number of benzene rings is 3. The summed E-state index contributed by atoms with van der Waals surface area (Å²) in [7, 11) is 5.26. The van der Waals surface area contributed by atoms with Gasteiger partial charge in [0, 0.05) is 81.3 Å². The second-order valence-electron chi connectivity index (χ2n) is 20.9. The Hall–Kier alpha value is -4.78. The molecule has 442 valence electrons. The van der Waals surface area contributed by atoms with Gasteiger partial charge in [-0.05, 0) is 139 Å². The standard InChI is InChI=1S/C26H37N5O5.C22H25ClFNO.C7H15N.C4H10O.C2H6.CH5N/c1-19-2-3-22(16-23(19)31-13-8-24(33)28-26(31)35)36-18-25(34)27-21-6-11-30(12-7-21)17-20-4-9-29(10-5-20)14-15-32;1-2-14-9-11-20(26)22(24)21(14)17-12-16(8-10-19(17)23)18(13-25)15-6-4-3-5-7-15;1-8-7-5-3-2-4-6-7;1-4(2)5-3;2*1-2/h2-3,15-16,20-21H,4-14,17-18H2,1H3,(H,27,34)(H,28,33,35);3-12,14,18,20-22,26H,2,13,25H2,1H3;7-8H,2-6H2,1H3;4H,1-3H3;1-2H3;2H2,1H3. The Bertz CT molecular complexity index is 2240. The van der Waals surface area contributed by atoms with Crippen LogP contribution in [0.5, 0.6) is 5.75 Å². The van der Waals surface area contributed by atoms with Crippen LogP contribution in [0.25, 0.3) is 0 Å². The van der Waals surface area contributed by atoms with Crippen molar-refractivity contribution >= 4 is 41.4 Å². The first kappa shape index (κ1) is 68.5. The van der Waals surface area contributed by atoms with E-state index < -0.39 is 24.2 Å². The summed E-state index contributed by atoms with van der Waals surface area (Å²) < 4.78 is 25.4. The number of halogens is 2. The van der Waals surface area contributed by atoms with Crippen LogP contribution in [0.2, 0.25) is 5.02 Å². The van der Waals surface area contributed by atoms with E-state index in [1.807, 2.05) is 102 Å². The molecule has 3 aliphatic heterocycles. The van der Waals surface area contributed by atoms with Crippen molar-refractivity contribution in [2.45, 2.75) is 154 Å². The summed E-state index contributed by atoms with van der Waals surface area (Å²) in [5.74, 6) is 0.331. The van der Waals surface area contributed by atoms with Crippen molar-refractivity contribution in [3.05, 3.63) is 106 Å². The number of imide groups is 1. The molecule has 3 saturated heterocycles. The van der Waals surface area contributed by atoms with Crippen molar-refractivity contribution in [3.8, 4) is 5.75 Å². The molecule has 0 aromatic heterocycles. The number of methoxy groups -OCH3 is 1. The molecule has 79 heavy (non-hydrogen) atoms. The van der Waals surface area contributed by atoms with Crippen LogP contribution in [0.4, 0.5) is 14.9 Å². The van der Waals surface area contributed by atoms with Gasteiger partial charge in [-0.1, -0.05) is 112 Å². The first-order valence-electron chi connectivity index (χ1n) is 29.0. The highest BCUT2D eigenvalue weighted by molar-refractivity contribution is 6.31. The lowest BCUT2D eigenvalue weighted by atomic mass is 9.75. The molecule has 0 radical (unpaired) electrons. The molecule has 4 fully saturated rings. The zero-order valence-corrected chi connectivity index (χ0v) is 49.8. The number of aryl methyl sites for hydroxylation is 1. The summed E-state index contributed by atoms with van der Waals surface area (Å²) in [4.78, 5) is 53.1. The Labute approximate surface area is 478 Å². The molecular weight excluding hydrogens is 1020 g/mol. The van der Waals surface area contributed by atoms with Crippen LogP contribution in [0.1, 0.15) is 139 Å². The molecule has 8 N–H and O–H groups in total. The quantitative estimate of drug-likeness (QED) is 0.0587. The number of piperidine rings is 2. The number of aliphatic hydroxyl groups excluding tert-OH is 1. The number of anilines is 1. The van der Waals surface area contributed by atoms with Crippen molar-refractivity contribution in [2.24, 2.45) is 23.3 Å². The number of aldehydes is 1. The van der Waals surface area contributed by atoms with E-state index in [0.717, 1.165) is 99.4 Å². The number of amides is 4. The molecule has 2 aliphatic carbocycles. The normalized spacial score (nSPS) is 21.4. The number of carbonyl (C=O) groups excluding carboxylic acids is 4. The largest absolute Gasteiger partial charge is 0.484 e. The summed E-state index contributed by atoms with van der Waals surface area (Å²) in [6.45, 7) is 18.2. The number of nitrogens with zero attached hydrogens (tertiary/aromatic N) is 3. The number of hydrogen-bond acceptors (Lipinski definition) is 12. The molecule has 5 unspecified atom stereocenters. The van der Waals surface area contributed by atoms with Gasteiger partial charge < -0.3 is 46.4 Å². The second-order valence-corrected chi connectivity index (χ2v) is 21.3. The Kier molecular flexibility index (Phi) is 33.0. The smallest absolute Gasteiger partial charge is 0.328 e. The monoisotopic (exact) mass is 1120 g/mol. The Morgan fingerprint density at radius 2 is 1.53 bits per heavy atom. The number of nitrogens with one attached hydrogen (secondary N) is 3. The average Bonchev–Trinajstić information content (AvgIpc) is 3.56. The van der Waals surface area contributed by atoms with E-state index in [1.54, 1.807) is 25.3 Å². The number of hydrogen-bond donors (Lipinski definition) is 6. The molecular formula is C62H98ClFN8O7. The van der Waals surface area contributed by atoms with Crippen molar-refractivity contribution < 1.29 is 38.1 Å². The van der Waals surface area contributed by atoms with E-state index in [1.165, 1.54) is 44.1 Å². The van der Waals surface area contributed by atoms with Crippen LogP contribution in [0.3, 0.4) is 0 Å². The lowest BCUT2D eigenvalue weighted by molar-refractivity contribution is -0.124. The maximum Gasteiger partial charge on any atom is 0.328 e. The molecule has 0 spiro atoms. The molecule has 5 aliphatic rings. The highest BCUT2D eigenvalue weighted by Crippen LogP contribution is 2.42. The van der Waals surface area contributed by atoms with Gasteiger partial charge in [0.05, 0.1) is 18.3 Å². The maximum atomic E-state index is 14.9. The third kappa shape index (κ3) is 22.9. The number of rotatable bonds is 16. The SMILES string of the molecule is CC.CCC1C=CC(O)C(F)C1c1cc(C(CN)c2ccccc2)ccc1Cl.CN.CNC1CCCCC1.COC(C)C.Cc1ccc(OCC(=O)NC2CCN(CC3CCN(CC=O)CC3)CC2)cc1N1CCC(=O)NC1=O. The van der Waals surface area contributed by atoms with E-state index in [9.17, 15) is 28.7 Å². The molecule has 5 atom stereocenters. The van der Waals surface area contributed by atoms with Gasteiger partial charge in [0.1, 0.15) is 24.3 Å². The zero-order chi connectivity index (χ0) is 58.3. The number of allylic oxidation sites excluding steroid dienone is 1. The minimum Gasteiger partial charge on any atom is -0.484 e. The molecule has 8 rings (SSSR count). The van der Waals surface area contributed by atoms with Crippen molar-refractivity contribution in [3.63, 3.8) is 0 Å². The van der Waals surface area contributed by atoms with Gasteiger partial charge in [-0.15, -0.1) is 0 Å². The number of ether oxygens (including phenoxy) is 2. The molecule has 3 aromatic rings. The van der Waals surface area contributed by atoms with Crippen LogP contribution >= 0.6 is 11.6 Å². The predicted molar refractivity (Wildman–Crippen MR) is 320 cm³/mol. The molecule has 3 aromatic carbocycles. The van der Waals surface area contributed by atoms with Crippen LogP contribution < -0.4 is 37.1 Å². The lowest BCUT2D eigenvalue weighted by Gasteiger charge is -2.37. The minimum atomic E-state index is -1.37. The molecule has 1 saturated carbocycles. The first-order chi connectivity index (χ1) is 38.2. The van der Waals surface area contributed by atoms with E-state index in [2.05, 4.69) is 38.5 Å². The van der Waals surface area contributed by atoms with Crippen LogP contribution in [-0.2, 0) is 19.1 Å². The molecule has 17 heteroatoms. The maximum absolute atomic E-state index is 14.9. The van der Waals surface area contributed by atoms with Gasteiger partial charge >= 0.3 is 6.03 Å². The summed E-state index contributed by atoms with van der Waals surface area (Å²) in [5, 5.41) is 19.2. The number of urea groups is 1. The van der Waals surface area contributed by atoms with E-state index >= 15 is 0 Å². The van der Waals surface area contributed by atoms with Crippen LogP contribution in [-0.4, -0.2) is 150 Å². The van der Waals surface area contributed by atoms with Crippen molar-refractivity contribution in [1.29, 1.82) is 0 Å². The van der Waals surface area contributed by atoms with Gasteiger partial charge in [-0.3, -0.25) is 24.7 Å². The first-order valence-corrected chi connectivity index (χ1v) is 29.4. The van der Waals surface area contributed by atoms with Gasteiger partial charge in [-0.25, -0.2) is 9.18 Å². The topological polar surface area (TPSA) is 205 Å². The Morgan fingerprint density at radius 3 is 2.10 bits per heavy atom. The van der Waals surface area contributed by atoms with Gasteiger partial charge in [0.2, 0.25) is 5.91 Å². The highest BCUT2D eigenvalue weighted by Gasteiger charge is 2.38. The van der Waals surface area contributed by atoms with Gasteiger partial charge in [-0.2, -0.15) is 0 Å². The van der Waals surface area contributed by atoms with Crippen molar-refractivity contribution in [1.82, 2.24) is 25.8 Å². The predicted octanol–water partition coefficient (Wildman–Crippen LogP) is 9.30. The fourth-order valence-corrected chi connectivity index (χ4v) is 10.8. The highest BCUT2D eigenvalue weighted by atomic mass is 35.5. The van der Waals surface area contributed by atoms with E-state index in [4.69, 9.17) is 26.8 Å². The van der Waals surface area contributed by atoms with Gasteiger partial charge in [0.25, 0.3) is 5.91 Å². The summed E-state index contributed by atoms with van der Waals surface area (Å²) >= 11 is 6.46. The fourth-order valence-electron chi connectivity index (χ4n) is 10.6. The number of likely N-dealkylation sites (tertiary alicyclic amines) is 2. The van der Waals surface area contributed by atoms with E-state index in [0.29, 0.717) is 48.1 Å². The van der Waals surface area contributed by atoms with E-state index in [-0.39, 0.29) is 42.7 Å². The number of carbonyl (C=O) groups is 4. The second kappa shape index (κ2) is 38.0. The average molecular weight is 1120 g/mol. The minimum absolute atomic E-state index is 0.00852. The number of alkyl halides is 1. The fraction of sp³-hybridized carbons (Fsp3) is 0.613. The number of aliphatic hydroxyl groups is 1. The third-order valence-corrected chi connectivity index (χ3v) is 15.6. The number of nitrogens with two attached hydrogens (primary N) is 2. The summed E-state index contributed by atoms with van der Waals surface area (Å²) in [6, 6.07) is 21.7. The lowest BCUT2D eigenvalue weighted by Crippen LogP contribution is -2.49. The summed E-state index contributed by atoms with van der Waals surface area (Å²) in [6.07, 6.45) is 14.7.